The minimum atomic E-state index is -0.428. The molecule has 2 N–H and O–H groups in total. The van der Waals surface area contributed by atoms with E-state index < -0.39 is 6.10 Å². The first-order chi connectivity index (χ1) is 12.5. The molecule has 7 heteroatoms. The van der Waals surface area contributed by atoms with Crippen molar-refractivity contribution in [1.29, 1.82) is 5.26 Å². The number of hydrogen-bond donors (Lipinski definition) is 2. The molecule has 1 saturated heterocycles. The molecule has 0 unspecified atom stereocenters. The van der Waals surface area contributed by atoms with Gasteiger partial charge in [-0.05, 0) is 50.5 Å². The molecule has 3 rings (SSSR count). The maximum Gasteiger partial charge on any atom is 0.256 e. The summed E-state index contributed by atoms with van der Waals surface area (Å²) in [5, 5.41) is 15.4. The zero-order valence-corrected chi connectivity index (χ0v) is 15.4. The average molecular weight is 369 g/mol. The summed E-state index contributed by atoms with van der Waals surface area (Å²) in [4.78, 5) is 25.7. The third kappa shape index (κ3) is 3.77. The van der Waals surface area contributed by atoms with Gasteiger partial charge in [-0.2, -0.15) is 5.26 Å². The lowest BCUT2D eigenvalue weighted by atomic mass is 10.1. The van der Waals surface area contributed by atoms with Crippen LogP contribution >= 0.6 is 11.3 Å². The van der Waals surface area contributed by atoms with Crippen LogP contribution in [0, 0.1) is 25.2 Å². The Kier molecular flexibility index (Phi) is 5.35. The summed E-state index contributed by atoms with van der Waals surface area (Å²) in [6.07, 6.45) is 1.16. The highest BCUT2D eigenvalue weighted by Gasteiger charge is 2.23. The number of carbonyl (C=O) groups is 2. The van der Waals surface area contributed by atoms with Crippen LogP contribution in [0.3, 0.4) is 0 Å². The lowest BCUT2D eigenvalue weighted by Crippen LogP contribution is -2.27. The fourth-order valence-corrected chi connectivity index (χ4v) is 3.78. The molecule has 2 amide bonds. The third-order valence-corrected chi connectivity index (χ3v) is 5.46. The SMILES string of the molecule is Cc1sc(NC(=O)c2cccc(NC(=O)[C@H]3CCCO3)c2)c(C#N)c1C. The van der Waals surface area contributed by atoms with Gasteiger partial charge in [0.2, 0.25) is 0 Å². The van der Waals surface area contributed by atoms with Crippen molar-refractivity contribution in [2.75, 3.05) is 17.2 Å². The van der Waals surface area contributed by atoms with E-state index in [-0.39, 0.29) is 11.8 Å². The summed E-state index contributed by atoms with van der Waals surface area (Å²) in [6.45, 7) is 4.38. The molecular weight excluding hydrogens is 350 g/mol. The van der Waals surface area contributed by atoms with Crippen molar-refractivity contribution in [2.45, 2.75) is 32.8 Å². The van der Waals surface area contributed by atoms with Gasteiger partial charge in [0.25, 0.3) is 11.8 Å². The molecule has 134 valence electrons. The van der Waals surface area contributed by atoms with Crippen molar-refractivity contribution in [3.63, 3.8) is 0 Å². The maximum absolute atomic E-state index is 12.5. The molecule has 0 radical (unpaired) electrons. The molecular formula is C19H19N3O3S. The van der Waals surface area contributed by atoms with E-state index in [0.29, 0.717) is 34.8 Å². The summed E-state index contributed by atoms with van der Waals surface area (Å²) in [5.41, 5.74) is 2.31. The van der Waals surface area contributed by atoms with Gasteiger partial charge in [0.15, 0.2) is 0 Å². The Bertz CT molecular complexity index is 892. The summed E-state index contributed by atoms with van der Waals surface area (Å²) in [7, 11) is 0. The molecule has 0 spiro atoms. The highest BCUT2D eigenvalue weighted by molar-refractivity contribution is 7.16. The van der Waals surface area contributed by atoms with Crippen molar-refractivity contribution < 1.29 is 14.3 Å². The third-order valence-electron chi connectivity index (χ3n) is 4.34. The Morgan fingerprint density at radius 1 is 1.31 bits per heavy atom. The van der Waals surface area contributed by atoms with Gasteiger partial charge in [0.1, 0.15) is 17.2 Å². The van der Waals surface area contributed by atoms with Crippen LogP contribution in [0.25, 0.3) is 0 Å². The van der Waals surface area contributed by atoms with Crippen molar-refractivity contribution in [3.05, 3.63) is 45.8 Å². The minimum Gasteiger partial charge on any atom is -0.368 e. The van der Waals surface area contributed by atoms with Gasteiger partial charge in [0.05, 0.1) is 5.56 Å². The number of aryl methyl sites for hydroxylation is 1. The van der Waals surface area contributed by atoms with E-state index in [2.05, 4.69) is 16.7 Å². The van der Waals surface area contributed by atoms with Gasteiger partial charge in [-0.3, -0.25) is 9.59 Å². The summed E-state index contributed by atoms with van der Waals surface area (Å²) >= 11 is 1.38. The van der Waals surface area contributed by atoms with Crippen molar-refractivity contribution in [2.24, 2.45) is 0 Å². The van der Waals surface area contributed by atoms with Crippen molar-refractivity contribution in [1.82, 2.24) is 0 Å². The van der Waals surface area contributed by atoms with Crippen molar-refractivity contribution >= 4 is 33.8 Å². The normalized spacial score (nSPS) is 16.1. The Morgan fingerprint density at radius 2 is 2.12 bits per heavy atom. The van der Waals surface area contributed by atoms with Gasteiger partial charge < -0.3 is 15.4 Å². The van der Waals surface area contributed by atoms with Crippen molar-refractivity contribution in [3.8, 4) is 6.07 Å². The number of amides is 2. The van der Waals surface area contributed by atoms with Gasteiger partial charge in [-0.25, -0.2) is 0 Å². The molecule has 1 atom stereocenters. The van der Waals surface area contributed by atoms with E-state index in [1.807, 2.05) is 13.8 Å². The summed E-state index contributed by atoms with van der Waals surface area (Å²) in [6, 6.07) is 8.84. The van der Waals surface area contributed by atoms with Gasteiger partial charge in [-0.1, -0.05) is 6.07 Å². The first-order valence-corrected chi connectivity index (χ1v) is 9.15. The number of anilines is 2. The largest absolute Gasteiger partial charge is 0.368 e. The number of rotatable bonds is 4. The van der Waals surface area contributed by atoms with Crippen LogP contribution in [-0.4, -0.2) is 24.5 Å². The second-order valence-electron chi connectivity index (χ2n) is 6.13. The first kappa shape index (κ1) is 18.1. The van der Waals surface area contributed by atoms with E-state index >= 15 is 0 Å². The second kappa shape index (κ2) is 7.68. The van der Waals surface area contributed by atoms with Crippen LogP contribution in [0.1, 0.15) is 39.2 Å². The molecule has 26 heavy (non-hydrogen) atoms. The first-order valence-electron chi connectivity index (χ1n) is 8.33. The molecule has 0 bridgehead atoms. The van der Waals surface area contributed by atoms with Crippen LogP contribution in [0.15, 0.2) is 24.3 Å². The zero-order chi connectivity index (χ0) is 18.7. The number of thiophene rings is 1. The molecule has 6 nitrogen and oxygen atoms in total. The molecule has 1 aromatic heterocycles. The standard InChI is InChI=1S/C19H19N3O3S/c1-11-12(2)26-19(15(11)10-20)22-17(23)13-5-3-6-14(9-13)21-18(24)16-7-4-8-25-16/h3,5-6,9,16H,4,7-8H2,1-2H3,(H,21,24)(H,22,23)/t16-/m1/s1. The van der Waals surface area contributed by atoms with E-state index in [0.717, 1.165) is 16.9 Å². The molecule has 1 aromatic carbocycles. The number of nitrogens with zero attached hydrogens (tertiary/aromatic N) is 1. The Balaban J connectivity index is 1.73. The van der Waals surface area contributed by atoms with Crippen LogP contribution in [-0.2, 0) is 9.53 Å². The predicted octanol–water partition coefficient (Wildman–Crippen LogP) is 3.61. The lowest BCUT2D eigenvalue weighted by molar-refractivity contribution is -0.124. The van der Waals surface area contributed by atoms with E-state index in [1.54, 1.807) is 24.3 Å². The Hall–Kier alpha value is -2.69. The number of hydrogen-bond acceptors (Lipinski definition) is 5. The van der Waals surface area contributed by atoms with Gasteiger partial charge in [-0.15, -0.1) is 11.3 Å². The topological polar surface area (TPSA) is 91.2 Å². The number of carbonyl (C=O) groups excluding carboxylic acids is 2. The fourth-order valence-electron chi connectivity index (χ4n) is 2.77. The second-order valence-corrected chi connectivity index (χ2v) is 7.35. The Morgan fingerprint density at radius 3 is 2.81 bits per heavy atom. The smallest absolute Gasteiger partial charge is 0.256 e. The van der Waals surface area contributed by atoms with Crippen LogP contribution in [0.4, 0.5) is 10.7 Å². The predicted molar refractivity (Wildman–Crippen MR) is 101 cm³/mol. The van der Waals surface area contributed by atoms with Crippen LogP contribution in [0.2, 0.25) is 0 Å². The summed E-state index contributed by atoms with van der Waals surface area (Å²) in [5.74, 6) is -0.521. The molecule has 0 aliphatic carbocycles. The molecule has 1 aliphatic heterocycles. The summed E-state index contributed by atoms with van der Waals surface area (Å²) < 4.78 is 5.36. The van der Waals surface area contributed by atoms with E-state index in [9.17, 15) is 14.9 Å². The molecule has 2 heterocycles. The minimum absolute atomic E-state index is 0.198. The van der Waals surface area contributed by atoms with Gasteiger partial charge in [0, 0.05) is 22.7 Å². The fraction of sp³-hybridized carbons (Fsp3) is 0.316. The van der Waals surface area contributed by atoms with E-state index in [4.69, 9.17) is 4.74 Å². The Labute approximate surface area is 155 Å². The highest BCUT2D eigenvalue weighted by Crippen LogP contribution is 2.32. The lowest BCUT2D eigenvalue weighted by Gasteiger charge is -2.11. The number of nitrogens with one attached hydrogen (secondary N) is 2. The molecule has 1 aliphatic rings. The molecule has 0 saturated carbocycles. The van der Waals surface area contributed by atoms with Crippen LogP contribution in [0.5, 0.6) is 0 Å². The number of nitriles is 1. The molecule has 1 fully saturated rings. The quantitative estimate of drug-likeness (QED) is 0.861. The van der Waals surface area contributed by atoms with E-state index in [1.165, 1.54) is 11.3 Å². The zero-order valence-electron chi connectivity index (χ0n) is 14.6. The highest BCUT2D eigenvalue weighted by atomic mass is 32.1. The molecule has 2 aromatic rings. The average Bonchev–Trinajstić information content (AvgIpc) is 3.24. The van der Waals surface area contributed by atoms with Crippen LogP contribution < -0.4 is 10.6 Å². The maximum atomic E-state index is 12.5. The monoisotopic (exact) mass is 369 g/mol. The number of ether oxygens (including phenoxy) is 1. The number of benzene rings is 1. The van der Waals surface area contributed by atoms with Gasteiger partial charge >= 0.3 is 0 Å².